The van der Waals surface area contributed by atoms with Gasteiger partial charge >= 0.3 is 29.8 Å². The molecule has 4 aliphatic rings. The Morgan fingerprint density at radius 3 is 1.77 bits per heavy atom. The Morgan fingerprint density at radius 2 is 1.21 bits per heavy atom. The fourth-order valence-electron chi connectivity index (χ4n) is 10.9. The first-order valence-electron chi connectivity index (χ1n) is 23.0. The first-order chi connectivity index (χ1) is 33.3. The number of fused-ring (bicyclic) bond motifs is 5. The predicted molar refractivity (Wildman–Crippen MR) is 253 cm³/mol. The molecule has 1 heterocycles. The standard InChI is InChI=1S/C56H54O14/c1-33-41(66-34(2)57)31-56(64)51(69-52(63)40-20-14-9-15-21-40)49-54(6,50(62)48(46(33)53(56,4)5)68-45(60)29-24-36-16-10-7-11-17-36)42(30-43-55(49,32-65-43)70-35(3)58)67-44(59)28-25-37-22-26-39(27-23-37)47(61)38-18-12-8-13-19-38/h7-29,41-43,48-49,51,64H,30-32H2,1-6H3/b28-25+,29-24+/t41-,42-,43+,48+,49-,51-,54+,55-,56+/m0/s1. The topological polar surface area (TPSA) is 195 Å². The Kier molecular flexibility index (Phi) is 13.5. The monoisotopic (exact) mass is 950 g/mol. The Balaban J connectivity index is 1.28. The molecule has 8 rings (SSSR count). The van der Waals surface area contributed by atoms with E-state index >= 15 is 4.79 Å². The largest absolute Gasteiger partial charge is 0.458 e. The number of hydrogen-bond acceptors (Lipinski definition) is 14. The number of Topliss-reactive ketones (excluding diaryl/α,β-unsaturated/α-hetero) is 1. The van der Waals surface area contributed by atoms with Crippen molar-refractivity contribution >= 4 is 53.6 Å². The smallest absolute Gasteiger partial charge is 0.338 e. The highest BCUT2D eigenvalue weighted by Gasteiger charge is 2.79. The quantitative estimate of drug-likeness (QED) is 0.0485. The number of aliphatic hydroxyl groups is 1. The van der Waals surface area contributed by atoms with Gasteiger partial charge in [0.25, 0.3) is 0 Å². The maximum Gasteiger partial charge on any atom is 0.338 e. The predicted octanol–water partition coefficient (Wildman–Crippen LogP) is 7.41. The van der Waals surface area contributed by atoms with Gasteiger partial charge in [0.1, 0.15) is 30.0 Å². The third-order valence-corrected chi connectivity index (χ3v) is 14.5. The molecular formula is C56H54O14. The van der Waals surface area contributed by atoms with Crippen LogP contribution in [0.25, 0.3) is 12.2 Å². The summed E-state index contributed by atoms with van der Waals surface area (Å²) in [7, 11) is 0. The van der Waals surface area contributed by atoms with Crippen LogP contribution < -0.4 is 0 Å². The molecular weight excluding hydrogens is 897 g/mol. The highest BCUT2D eigenvalue weighted by atomic mass is 16.6. The van der Waals surface area contributed by atoms with Crippen molar-refractivity contribution in [1.82, 2.24) is 0 Å². The fraction of sp³-hybridized carbons (Fsp3) is 0.339. The van der Waals surface area contributed by atoms with E-state index in [2.05, 4.69) is 0 Å². The van der Waals surface area contributed by atoms with Crippen LogP contribution in [-0.4, -0.2) is 94.8 Å². The van der Waals surface area contributed by atoms with E-state index in [1.165, 1.54) is 45.1 Å². The van der Waals surface area contributed by atoms with Crippen LogP contribution in [0.3, 0.4) is 0 Å². The molecule has 362 valence electrons. The van der Waals surface area contributed by atoms with Crippen LogP contribution in [0.1, 0.15) is 91.8 Å². The Morgan fingerprint density at radius 1 is 0.671 bits per heavy atom. The molecule has 3 fully saturated rings. The SMILES string of the molecule is CC(=O)O[C@H]1C[C@@]2(O)[C@@H](OC(=O)c3ccccc3)[C@@H]3[C@]4(OC(C)=O)CO[C@@H]4C[C@H](OC(=O)/C=C/c4ccc(C(=O)c5ccccc5)cc4)[C@@]3(C)C(=O)[C@H](OC(=O)/C=C/c3ccccc3)C(=C1C)C2(C)C. The summed E-state index contributed by atoms with van der Waals surface area (Å²) in [6, 6.07) is 32.2. The van der Waals surface area contributed by atoms with Crippen LogP contribution >= 0.6 is 0 Å². The third-order valence-electron chi connectivity index (χ3n) is 14.5. The summed E-state index contributed by atoms with van der Waals surface area (Å²) >= 11 is 0. The lowest BCUT2D eigenvalue weighted by Crippen LogP contribution is -2.82. The van der Waals surface area contributed by atoms with Gasteiger partial charge in [-0.3, -0.25) is 19.2 Å². The van der Waals surface area contributed by atoms with Crippen molar-refractivity contribution in [3.05, 3.63) is 166 Å². The maximum atomic E-state index is 16.3. The fourth-order valence-corrected chi connectivity index (χ4v) is 10.9. The zero-order valence-electron chi connectivity index (χ0n) is 39.6. The molecule has 9 atom stereocenters. The number of ether oxygens (including phenoxy) is 6. The number of carbonyl (C=O) groups is 7. The number of ketones is 2. The molecule has 0 unspecified atom stereocenters. The van der Waals surface area contributed by atoms with Gasteiger partial charge in [-0.1, -0.05) is 117 Å². The summed E-state index contributed by atoms with van der Waals surface area (Å²) in [5.74, 6) is -6.90. The van der Waals surface area contributed by atoms with E-state index in [1.807, 2.05) is 12.1 Å². The highest BCUT2D eigenvalue weighted by Crippen LogP contribution is 2.65. The van der Waals surface area contributed by atoms with Gasteiger partial charge in [-0.2, -0.15) is 0 Å². The lowest BCUT2D eigenvalue weighted by molar-refractivity contribution is -0.346. The number of carbonyl (C=O) groups excluding carboxylic acids is 7. The zero-order valence-corrected chi connectivity index (χ0v) is 39.6. The van der Waals surface area contributed by atoms with Gasteiger partial charge in [0, 0.05) is 55.4 Å². The molecule has 4 aromatic rings. The summed E-state index contributed by atoms with van der Waals surface area (Å²) in [6.07, 6.45) is -2.82. The molecule has 14 heteroatoms. The average molecular weight is 951 g/mol. The van der Waals surface area contributed by atoms with Crippen LogP contribution in [0.4, 0.5) is 0 Å². The first kappa shape index (κ1) is 49.1. The minimum absolute atomic E-state index is 0.0621. The van der Waals surface area contributed by atoms with Crippen LogP contribution in [0.2, 0.25) is 0 Å². The molecule has 0 amide bonds. The molecule has 70 heavy (non-hydrogen) atoms. The van der Waals surface area contributed by atoms with Crippen LogP contribution in [0, 0.1) is 16.7 Å². The molecule has 14 nitrogen and oxygen atoms in total. The Hall–Kier alpha value is -7.29. The number of hydrogen-bond donors (Lipinski definition) is 1. The second kappa shape index (κ2) is 19.2. The van der Waals surface area contributed by atoms with Gasteiger partial charge in [-0.15, -0.1) is 0 Å². The second-order valence-corrected chi connectivity index (χ2v) is 19.0. The molecule has 3 aliphatic carbocycles. The van der Waals surface area contributed by atoms with E-state index in [9.17, 15) is 33.9 Å². The van der Waals surface area contributed by atoms with Crippen molar-refractivity contribution in [3.63, 3.8) is 0 Å². The molecule has 1 saturated heterocycles. The molecule has 2 saturated carbocycles. The normalized spacial score (nSPS) is 28.8. The van der Waals surface area contributed by atoms with Crippen LogP contribution in [0.15, 0.2) is 139 Å². The van der Waals surface area contributed by atoms with E-state index in [-0.39, 0.29) is 29.9 Å². The van der Waals surface area contributed by atoms with Crippen molar-refractivity contribution in [2.45, 2.75) is 96.1 Å². The number of esters is 5. The van der Waals surface area contributed by atoms with Crippen LogP contribution in [-0.2, 0) is 52.4 Å². The third kappa shape index (κ3) is 8.93. The van der Waals surface area contributed by atoms with E-state index in [4.69, 9.17) is 28.4 Å². The van der Waals surface area contributed by atoms with Gasteiger partial charge in [-0.25, -0.2) is 14.4 Å². The number of rotatable bonds is 12. The van der Waals surface area contributed by atoms with Crippen LogP contribution in [0.5, 0.6) is 0 Å². The molecule has 0 radical (unpaired) electrons. The summed E-state index contributed by atoms with van der Waals surface area (Å²) in [4.78, 5) is 98.3. The molecule has 1 N–H and O–H groups in total. The molecule has 2 bridgehead atoms. The summed E-state index contributed by atoms with van der Waals surface area (Å²) in [6.45, 7) is 8.31. The van der Waals surface area contributed by atoms with Crippen molar-refractivity contribution in [3.8, 4) is 0 Å². The van der Waals surface area contributed by atoms with Gasteiger partial charge < -0.3 is 33.5 Å². The zero-order chi connectivity index (χ0) is 50.2. The summed E-state index contributed by atoms with van der Waals surface area (Å²) in [5, 5.41) is 13.8. The van der Waals surface area contributed by atoms with E-state index < -0.39 is 101 Å². The summed E-state index contributed by atoms with van der Waals surface area (Å²) in [5.41, 5.74) is -5.34. The average Bonchev–Trinajstić information content (AvgIpc) is 3.33. The molecule has 0 spiro atoms. The van der Waals surface area contributed by atoms with Gasteiger partial charge in [0.2, 0.25) is 0 Å². The van der Waals surface area contributed by atoms with Crippen molar-refractivity contribution in [2.75, 3.05) is 6.61 Å². The Bertz CT molecular complexity index is 2800. The maximum absolute atomic E-state index is 16.3. The van der Waals surface area contributed by atoms with E-state index in [0.29, 0.717) is 27.8 Å². The van der Waals surface area contributed by atoms with Crippen molar-refractivity contribution in [2.24, 2.45) is 16.7 Å². The molecule has 1 aliphatic heterocycles. The van der Waals surface area contributed by atoms with Gasteiger partial charge in [-0.05, 0) is 60.4 Å². The van der Waals surface area contributed by atoms with E-state index in [1.54, 1.807) is 112 Å². The second-order valence-electron chi connectivity index (χ2n) is 19.0. The lowest BCUT2D eigenvalue weighted by Gasteiger charge is -2.67. The molecule has 4 aromatic carbocycles. The lowest BCUT2D eigenvalue weighted by atomic mass is 9.44. The molecule has 0 aromatic heterocycles. The Labute approximate surface area is 405 Å². The number of benzene rings is 4. The van der Waals surface area contributed by atoms with Crippen molar-refractivity contribution in [1.29, 1.82) is 0 Å². The first-order valence-corrected chi connectivity index (χ1v) is 23.0. The summed E-state index contributed by atoms with van der Waals surface area (Å²) < 4.78 is 37.3. The van der Waals surface area contributed by atoms with Crippen molar-refractivity contribution < 1.29 is 67.1 Å². The minimum atomic E-state index is -2.32. The minimum Gasteiger partial charge on any atom is -0.458 e. The highest BCUT2D eigenvalue weighted by molar-refractivity contribution is 6.09. The van der Waals surface area contributed by atoms with Gasteiger partial charge in [0.05, 0.1) is 23.5 Å². The van der Waals surface area contributed by atoms with E-state index in [0.717, 1.165) is 12.2 Å². The van der Waals surface area contributed by atoms with Gasteiger partial charge in [0.15, 0.2) is 23.3 Å².